The number of ketones is 1. The van der Waals surface area contributed by atoms with Crippen LogP contribution in [0.2, 0.25) is 0 Å². The summed E-state index contributed by atoms with van der Waals surface area (Å²) in [4.78, 5) is 12.6. The van der Waals surface area contributed by atoms with Crippen molar-refractivity contribution in [2.75, 3.05) is 20.8 Å². The smallest absolute Gasteiger partial charge is 0.173 e. The lowest BCUT2D eigenvalue weighted by Gasteiger charge is -2.24. The maximum Gasteiger partial charge on any atom is 0.173 e. The first kappa shape index (κ1) is 15.2. The van der Waals surface area contributed by atoms with Gasteiger partial charge in [-0.1, -0.05) is 6.07 Å². The monoisotopic (exact) mass is 314 g/mol. The maximum absolute atomic E-state index is 12.6. The lowest BCUT2D eigenvalue weighted by Crippen LogP contribution is -2.29. The summed E-state index contributed by atoms with van der Waals surface area (Å²) < 4.78 is 16.0. The summed E-state index contributed by atoms with van der Waals surface area (Å²) in [5.74, 6) is 1.51. The molecule has 2 aromatic carbocycles. The van der Waals surface area contributed by atoms with E-state index in [0.717, 1.165) is 5.56 Å². The van der Waals surface area contributed by atoms with Crippen LogP contribution in [0.5, 0.6) is 23.0 Å². The van der Waals surface area contributed by atoms with Gasteiger partial charge in [0.1, 0.15) is 11.5 Å². The van der Waals surface area contributed by atoms with Crippen molar-refractivity contribution in [1.82, 2.24) is 0 Å². The zero-order chi connectivity index (χ0) is 16.4. The van der Waals surface area contributed by atoms with Crippen molar-refractivity contribution in [3.63, 3.8) is 0 Å². The van der Waals surface area contributed by atoms with E-state index >= 15 is 0 Å². The van der Waals surface area contributed by atoms with Crippen LogP contribution in [0, 0.1) is 5.92 Å². The van der Waals surface area contributed by atoms with Gasteiger partial charge in [0.15, 0.2) is 17.3 Å². The minimum Gasteiger partial charge on any atom is -0.504 e. The quantitative estimate of drug-likeness (QED) is 0.940. The molecule has 0 saturated heterocycles. The second kappa shape index (κ2) is 6.20. The van der Waals surface area contributed by atoms with Crippen molar-refractivity contribution in [2.45, 2.75) is 6.42 Å². The van der Waals surface area contributed by atoms with Gasteiger partial charge in [0, 0.05) is 6.07 Å². The molecule has 0 unspecified atom stereocenters. The van der Waals surface area contributed by atoms with E-state index in [1.54, 1.807) is 43.5 Å². The average molecular weight is 314 g/mol. The Kier molecular flexibility index (Phi) is 4.10. The summed E-state index contributed by atoms with van der Waals surface area (Å²) in [5.41, 5.74) is 1.49. The van der Waals surface area contributed by atoms with E-state index in [2.05, 4.69) is 0 Å². The molecule has 5 nitrogen and oxygen atoms in total. The number of methoxy groups -OCH3 is 2. The molecule has 1 aliphatic heterocycles. The van der Waals surface area contributed by atoms with Crippen LogP contribution < -0.4 is 14.2 Å². The molecule has 2 aromatic rings. The number of phenols is 1. The third-order valence-electron chi connectivity index (χ3n) is 3.99. The van der Waals surface area contributed by atoms with E-state index in [-0.39, 0.29) is 17.5 Å². The van der Waals surface area contributed by atoms with Gasteiger partial charge in [-0.2, -0.15) is 0 Å². The molecular formula is C18H18O5. The number of benzene rings is 2. The van der Waals surface area contributed by atoms with E-state index in [4.69, 9.17) is 14.2 Å². The van der Waals surface area contributed by atoms with Gasteiger partial charge in [0.25, 0.3) is 0 Å². The zero-order valence-electron chi connectivity index (χ0n) is 13.0. The molecule has 1 N–H and O–H groups in total. The predicted octanol–water partition coefficient (Wildman–Crippen LogP) is 2.84. The molecule has 1 heterocycles. The highest BCUT2D eigenvalue weighted by Crippen LogP contribution is 2.33. The fourth-order valence-corrected chi connectivity index (χ4v) is 2.72. The van der Waals surface area contributed by atoms with Crippen molar-refractivity contribution in [3.8, 4) is 23.0 Å². The summed E-state index contributed by atoms with van der Waals surface area (Å²) in [5, 5.41) is 9.64. The highest BCUT2D eigenvalue weighted by Gasteiger charge is 2.29. The largest absolute Gasteiger partial charge is 0.504 e. The Morgan fingerprint density at radius 1 is 1.17 bits per heavy atom. The highest BCUT2D eigenvalue weighted by atomic mass is 16.5. The molecule has 0 saturated carbocycles. The molecule has 120 valence electrons. The Morgan fingerprint density at radius 2 is 2.00 bits per heavy atom. The topological polar surface area (TPSA) is 65.0 Å². The van der Waals surface area contributed by atoms with Crippen molar-refractivity contribution < 1.29 is 24.1 Å². The lowest BCUT2D eigenvalue weighted by atomic mass is 9.89. The van der Waals surface area contributed by atoms with Crippen molar-refractivity contribution >= 4 is 5.78 Å². The van der Waals surface area contributed by atoms with Crippen LogP contribution in [0.15, 0.2) is 36.4 Å². The van der Waals surface area contributed by atoms with Gasteiger partial charge < -0.3 is 19.3 Å². The number of rotatable bonds is 4. The Balaban J connectivity index is 1.81. The Bertz CT molecular complexity index is 738. The number of fused-ring (bicyclic) bond motifs is 1. The predicted molar refractivity (Wildman–Crippen MR) is 84.7 cm³/mol. The molecule has 0 spiro atoms. The number of Topliss-reactive ketones (excluding diaryl/α,β-unsaturated/α-hetero) is 1. The molecule has 5 heteroatoms. The molecule has 0 aliphatic carbocycles. The average Bonchev–Trinajstić information content (AvgIpc) is 2.58. The number of ether oxygens (including phenoxy) is 3. The standard InChI is InChI=1S/C18H18O5/c1-21-13-4-5-14-16(9-13)23-10-12(18(14)20)7-11-3-6-15(19)17(8-11)22-2/h3-6,8-9,12,19H,7,10H2,1-2H3/t12-/m1/s1. The van der Waals surface area contributed by atoms with Gasteiger partial charge in [-0.3, -0.25) is 4.79 Å². The van der Waals surface area contributed by atoms with E-state index in [0.29, 0.717) is 35.8 Å². The molecule has 23 heavy (non-hydrogen) atoms. The molecule has 0 fully saturated rings. The van der Waals surface area contributed by atoms with Gasteiger partial charge in [-0.05, 0) is 36.2 Å². The maximum atomic E-state index is 12.6. The van der Waals surface area contributed by atoms with Gasteiger partial charge >= 0.3 is 0 Å². The van der Waals surface area contributed by atoms with Crippen LogP contribution in [-0.4, -0.2) is 31.7 Å². The summed E-state index contributed by atoms with van der Waals surface area (Å²) in [6.45, 7) is 0.322. The van der Waals surface area contributed by atoms with Crippen LogP contribution in [0.3, 0.4) is 0 Å². The SMILES string of the molecule is COc1ccc2c(c1)OC[C@@H](Cc1ccc(O)c(OC)c1)C2=O. The first-order valence-corrected chi connectivity index (χ1v) is 7.33. The van der Waals surface area contributed by atoms with Crippen molar-refractivity contribution in [3.05, 3.63) is 47.5 Å². The van der Waals surface area contributed by atoms with E-state index in [1.165, 1.54) is 7.11 Å². The second-order valence-corrected chi connectivity index (χ2v) is 5.44. The van der Waals surface area contributed by atoms with Gasteiger partial charge in [-0.25, -0.2) is 0 Å². The number of carbonyl (C=O) groups is 1. The molecule has 1 aliphatic rings. The second-order valence-electron chi connectivity index (χ2n) is 5.44. The number of hydrogen-bond acceptors (Lipinski definition) is 5. The molecule has 0 radical (unpaired) electrons. The summed E-state index contributed by atoms with van der Waals surface area (Å²) in [6.07, 6.45) is 0.529. The van der Waals surface area contributed by atoms with Crippen LogP contribution in [0.4, 0.5) is 0 Å². The normalized spacial score (nSPS) is 16.4. The molecular weight excluding hydrogens is 296 g/mol. The van der Waals surface area contributed by atoms with Gasteiger partial charge in [-0.15, -0.1) is 0 Å². The third-order valence-corrected chi connectivity index (χ3v) is 3.99. The minimum atomic E-state index is -0.259. The van der Waals surface area contributed by atoms with Crippen LogP contribution >= 0.6 is 0 Å². The minimum absolute atomic E-state index is 0.0564. The molecule has 3 rings (SSSR count). The first-order valence-electron chi connectivity index (χ1n) is 7.33. The molecule has 0 aromatic heterocycles. The number of aromatic hydroxyl groups is 1. The molecule has 0 bridgehead atoms. The summed E-state index contributed by atoms with van der Waals surface area (Å²) in [7, 11) is 3.07. The fraction of sp³-hybridized carbons (Fsp3) is 0.278. The van der Waals surface area contributed by atoms with E-state index < -0.39 is 0 Å². The fourth-order valence-electron chi connectivity index (χ4n) is 2.72. The highest BCUT2D eigenvalue weighted by molar-refractivity contribution is 6.01. The van der Waals surface area contributed by atoms with Crippen LogP contribution in [0.1, 0.15) is 15.9 Å². The Labute approximate surface area is 134 Å². The zero-order valence-corrected chi connectivity index (χ0v) is 13.0. The van der Waals surface area contributed by atoms with Crippen molar-refractivity contribution in [1.29, 1.82) is 0 Å². The first-order chi connectivity index (χ1) is 11.1. The Hall–Kier alpha value is -2.69. The van der Waals surface area contributed by atoms with Crippen LogP contribution in [0.25, 0.3) is 0 Å². The molecule has 0 amide bonds. The van der Waals surface area contributed by atoms with Gasteiger partial charge in [0.05, 0.1) is 32.3 Å². The summed E-state index contributed by atoms with van der Waals surface area (Å²) in [6, 6.07) is 10.3. The van der Waals surface area contributed by atoms with Crippen LogP contribution in [-0.2, 0) is 6.42 Å². The van der Waals surface area contributed by atoms with E-state index in [9.17, 15) is 9.90 Å². The molecule has 1 atom stereocenters. The number of hydrogen-bond donors (Lipinski definition) is 1. The lowest BCUT2D eigenvalue weighted by molar-refractivity contribution is 0.0830. The number of phenolic OH excluding ortho intramolecular Hbond substituents is 1. The van der Waals surface area contributed by atoms with Crippen molar-refractivity contribution in [2.24, 2.45) is 5.92 Å². The summed E-state index contributed by atoms with van der Waals surface area (Å²) >= 11 is 0. The Morgan fingerprint density at radius 3 is 2.74 bits per heavy atom. The van der Waals surface area contributed by atoms with E-state index in [1.807, 2.05) is 0 Å². The third kappa shape index (κ3) is 2.95. The number of carbonyl (C=O) groups excluding carboxylic acids is 1. The van der Waals surface area contributed by atoms with Gasteiger partial charge in [0.2, 0.25) is 0 Å².